The summed E-state index contributed by atoms with van der Waals surface area (Å²) in [6.07, 6.45) is 4.16. The van der Waals surface area contributed by atoms with Gasteiger partial charge in [-0.25, -0.2) is 9.78 Å². The molecule has 0 atom stereocenters. The fourth-order valence-corrected chi connectivity index (χ4v) is 2.09. The Labute approximate surface area is 108 Å². The van der Waals surface area contributed by atoms with E-state index in [4.69, 9.17) is 4.74 Å². The molecule has 0 radical (unpaired) electrons. The number of hydrogen-bond donors (Lipinski definition) is 1. The molecule has 1 aliphatic carbocycles. The Hall–Kier alpha value is -1.58. The van der Waals surface area contributed by atoms with Gasteiger partial charge in [0.2, 0.25) is 0 Å². The highest BCUT2D eigenvalue weighted by Gasteiger charge is 2.38. The van der Waals surface area contributed by atoms with Crippen molar-refractivity contribution in [3.8, 4) is 0 Å². The van der Waals surface area contributed by atoms with Gasteiger partial charge in [-0.3, -0.25) is 0 Å². The summed E-state index contributed by atoms with van der Waals surface area (Å²) < 4.78 is 5.04. The van der Waals surface area contributed by atoms with Gasteiger partial charge in [0, 0.05) is 11.7 Å². The van der Waals surface area contributed by atoms with Gasteiger partial charge in [-0.15, -0.1) is 0 Å². The molecule has 1 aromatic heterocycles. The molecule has 4 nitrogen and oxygen atoms in total. The van der Waals surface area contributed by atoms with Crippen molar-refractivity contribution in [1.29, 1.82) is 0 Å². The minimum atomic E-state index is -0.320. The molecule has 18 heavy (non-hydrogen) atoms. The van der Waals surface area contributed by atoms with E-state index in [2.05, 4.69) is 24.1 Å². The van der Waals surface area contributed by atoms with E-state index in [1.54, 1.807) is 25.3 Å². The summed E-state index contributed by atoms with van der Waals surface area (Å²) >= 11 is 0. The number of anilines is 1. The third-order valence-corrected chi connectivity index (χ3v) is 3.34. The Bertz CT molecular complexity index is 439. The van der Waals surface area contributed by atoms with Gasteiger partial charge in [0.15, 0.2) is 0 Å². The SMILES string of the molecule is CCOC(=O)c1cccnc1NC(C)(C)C1CC1. The van der Waals surface area contributed by atoms with Gasteiger partial charge >= 0.3 is 5.97 Å². The molecule has 1 N–H and O–H groups in total. The van der Waals surface area contributed by atoms with Crippen LogP contribution in [0.4, 0.5) is 5.82 Å². The van der Waals surface area contributed by atoms with Crippen LogP contribution >= 0.6 is 0 Å². The molecule has 1 aromatic rings. The number of rotatable bonds is 5. The van der Waals surface area contributed by atoms with Gasteiger partial charge in [-0.1, -0.05) is 0 Å². The zero-order valence-corrected chi connectivity index (χ0v) is 11.2. The number of aromatic nitrogens is 1. The molecule has 0 saturated heterocycles. The van der Waals surface area contributed by atoms with Crippen LogP contribution in [0.2, 0.25) is 0 Å². The van der Waals surface area contributed by atoms with Crippen molar-refractivity contribution in [2.24, 2.45) is 5.92 Å². The molecule has 98 valence electrons. The molecule has 0 amide bonds. The van der Waals surface area contributed by atoms with Crippen LogP contribution in [0.15, 0.2) is 18.3 Å². The van der Waals surface area contributed by atoms with E-state index in [1.807, 2.05) is 0 Å². The first-order valence-electron chi connectivity index (χ1n) is 6.45. The van der Waals surface area contributed by atoms with E-state index >= 15 is 0 Å². The molecule has 1 heterocycles. The minimum absolute atomic E-state index is 0.0321. The van der Waals surface area contributed by atoms with Crippen LogP contribution < -0.4 is 5.32 Å². The van der Waals surface area contributed by atoms with Crippen LogP contribution in [0.5, 0.6) is 0 Å². The Kier molecular flexibility index (Phi) is 3.55. The Morgan fingerprint density at radius 2 is 2.28 bits per heavy atom. The molecule has 1 saturated carbocycles. The largest absolute Gasteiger partial charge is 0.462 e. The highest BCUT2D eigenvalue weighted by atomic mass is 16.5. The molecule has 0 bridgehead atoms. The number of nitrogens with zero attached hydrogens (tertiary/aromatic N) is 1. The van der Waals surface area contributed by atoms with Crippen molar-refractivity contribution >= 4 is 11.8 Å². The van der Waals surface area contributed by atoms with Crippen molar-refractivity contribution in [2.45, 2.75) is 39.2 Å². The third-order valence-electron chi connectivity index (χ3n) is 3.34. The molecule has 0 aliphatic heterocycles. The zero-order valence-electron chi connectivity index (χ0n) is 11.2. The summed E-state index contributed by atoms with van der Waals surface area (Å²) in [5.41, 5.74) is 0.475. The molecule has 0 aromatic carbocycles. The first-order valence-corrected chi connectivity index (χ1v) is 6.45. The predicted molar refractivity (Wildman–Crippen MR) is 70.6 cm³/mol. The predicted octanol–water partition coefficient (Wildman–Crippen LogP) is 2.86. The second-order valence-electron chi connectivity index (χ2n) is 5.24. The van der Waals surface area contributed by atoms with Crippen molar-refractivity contribution in [2.75, 3.05) is 11.9 Å². The summed E-state index contributed by atoms with van der Waals surface area (Å²) in [5, 5.41) is 3.38. The van der Waals surface area contributed by atoms with Gasteiger partial charge in [0.1, 0.15) is 11.4 Å². The van der Waals surface area contributed by atoms with Crippen molar-refractivity contribution in [1.82, 2.24) is 4.98 Å². The smallest absolute Gasteiger partial charge is 0.341 e. The molecule has 2 rings (SSSR count). The summed E-state index contributed by atoms with van der Waals surface area (Å²) in [6.45, 7) is 6.47. The monoisotopic (exact) mass is 248 g/mol. The van der Waals surface area contributed by atoms with E-state index in [1.165, 1.54) is 12.8 Å². The number of pyridine rings is 1. The van der Waals surface area contributed by atoms with Crippen LogP contribution in [-0.4, -0.2) is 23.1 Å². The van der Waals surface area contributed by atoms with E-state index in [9.17, 15) is 4.79 Å². The highest BCUT2D eigenvalue weighted by molar-refractivity contribution is 5.94. The average Bonchev–Trinajstić information content (AvgIpc) is 3.13. The topological polar surface area (TPSA) is 51.2 Å². The van der Waals surface area contributed by atoms with Crippen LogP contribution in [0.3, 0.4) is 0 Å². The summed E-state index contributed by atoms with van der Waals surface area (Å²) in [4.78, 5) is 16.1. The van der Waals surface area contributed by atoms with Crippen LogP contribution in [0.1, 0.15) is 44.0 Å². The maximum atomic E-state index is 11.8. The van der Waals surface area contributed by atoms with E-state index < -0.39 is 0 Å². The number of hydrogen-bond acceptors (Lipinski definition) is 4. The third kappa shape index (κ3) is 2.81. The van der Waals surface area contributed by atoms with E-state index in [0.717, 1.165) is 0 Å². The molecular weight excluding hydrogens is 228 g/mol. The molecular formula is C14H20N2O2. The second kappa shape index (κ2) is 4.96. The van der Waals surface area contributed by atoms with E-state index in [0.29, 0.717) is 23.9 Å². The van der Waals surface area contributed by atoms with Crippen molar-refractivity contribution in [3.63, 3.8) is 0 Å². The molecule has 1 fully saturated rings. The number of nitrogens with one attached hydrogen (secondary N) is 1. The molecule has 4 heteroatoms. The lowest BCUT2D eigenvalue weighted by Crippen LogP contribution is -2.34. The number of carbonyl (C=O) groups excluding carboxylic acids is 1. The Balaban J connectivity index is 2.19. The zero-order chi connectivity index (χ0) is 13.2. The molecule has 0 unspecified atom stereocenters. The fourth-order valence-electron chi connectivity index (χ4n) is 2.09. The highest BCUT2D eigenvalue weighted by Crippen LogP contribution is 2.41. The van der Waals surface area contributed by atoms with Gasteiger partial charge in [0.05, 0.1) is 6.61 Å². The van der Waals surface area contributed by atoms with Crippen LogP contribution in [0.25, 0.3) is 0 Å². The first kappa shape index (κ1) is 12.9. The van der Waals surface area contributed by atoms with Gasteiger partial charge < -0.3 is 10.1 Å². The fraction of sp³-hybridized carbons (Fsp3) is 0.571. The average molecular weight is 248 g/mol. The number of ether oxygens (including phenoxy) is 1. The standard InChI is InChI=1S/C14H20N2O2/c1-4-18-13(17)11-6-5-9-15-12(11)16-14(2,3)10-7-8-10/h5-6,9-10H,4,7-8H2,1-3H3,(H,15,16). The quantitative estimate of drug-likeness (QED) is 0.814. The minimum Gasteiger partial charge on any atom is -0.462 e. The lowest BCUT2D eigenvalue weighted by Gasteiger charge is -2.27. The Morgan fingerprint density at radius 1 is 1.56 bits per heavy atom. The lowest BCUT2D eigenvalue weighted by atomic mass is 9.98. The van der Waals surface area contributed by atoms with Crippen LogP contribution in [-0.2, 0) is 4.74 Å². The summed E-state index contributed by atoms with van der Waals surface area (Å²) in [5.74, 6) is 0.960. The normalized spacial score (nSPS) is 15.3. The van der Waals surface area contributed by atoms with Gasteiger partial charge in [-0.2, -0.15) is 0 Å². The summed E-state index contributed by atoms with van der Waals surface area (Å²) in [7, 11) is 0. The lowest BCUT2D eigenvalue weighted by molar-refractivity contribution is 0.0527. The summed E-state index contributed by atoms with van der Waals surface area (Å²) in [6, 6.07) is 3.50. The van der Waals surface area contributed by atoms with Gasteiger partial charge in [-0.05, 0) is 51.7 Å². The van der Waals surface area contributed by atoms with Crippen molar-refractivity contribution < 1.29 is 9.53 Å². The van der Waals surface area contributed by atoms with Crippen LogP contribution in [0, 0.1) is 5.92 Å². The Morgan fingerprint density at radius 3 is 2.89 bits per heavy atom. The molecule has 1 aliphatic rings. The molecule has 0 spiro atoms. The maximum absolute atomic E-state index is 11.8. The second-order valence-corrected chi connectivity index (χ2v) is 5.24. The maximum Gasteiger partial charge on any atom is 0.341 e. The number of esters is 1. The number of carbonyl (C=O) groups is 1. The van der Waals surface area contributed by atoms with Gasteiger partial charge in [0.25, 0.3) is 0 Å². The van der Waals surface area contributed by atoms with Crippen molar-refractivity contribution in [3.05, 3.63) is 23.9 Å². The first-order chi connectivity index (χ1) is 8.54. The van der Waals surface area contributed by atoms with E-state index in [-0.39, 0.29) is 11.5 Å².